The maximum absolute atomic E-state index is 12.0. The second-order valence-electron chi connectivity index (χ2n) is 4.97. The van der Waals surface area contributed by atoms with Crippen LogP contribution in [0.2, 0.25) is 0 Å². The van der Waals surface area contributed by atoms with Gasteiger partial charge in [-0.3, -0.25) is 4.79 Å². The standard InChI is InChI=1S/C14H24N2O3/c1-3-16(11(2)10-13(17)18)14(19)15-9-8-12-6-4-5-7-12/h6,11H,3-5,7-10H2,1-2H3,(H,15,19)(H,17,18). The molecule has 0 spiro atoms. The summed E-state index contributed by atoms with van der Waals surface area (Å²) < 4.78 is 0. The van der Waals surface area contributed by atoms with Gasteiger partial charge < -0.3 is 15.3 Å². The molecule has 5 heteroatoms. The van der Waals surface area contributed by atoms with E-state index in [4.69, 9.17) is 5.11 Å². The third-order valence-electron chi connectivity index (χ3n) is 3.46. The number of aliphatic carboxylic acids is 1. The molecule has 1 atom stereocenters. The zero-order valence-corrected chi connectivity index (χ0v) is 11.8. The maximum atomic E-state index is 12.0. The van der Waals surface area contributed by atoms with Gasteiger partial charge in [0.1, 0.15) is 0 Å². The normalized spacial score (nSPS) is 15.8. The molecule has 0 aromatic carbocycles. The van der Waals surface area contributed by atoms with E-state index in [0.717, 1.165) is 19.3 Å². The predicted molar refractivity (Wildman–Crippen MR) is 74.0 cm³/mol. The lowest BCUT2D eigenvalue weighted by Gasteiger charge is -2.27. The zero-order valence-electron chi connectivity index (χ0n) is 11.8. The Balaban J connectivity index is 2.34. The highest BCUT2D eigenvalue weighted by atomic mass is 16.4. The van der Waals surface area contributed by atoms with Crippen molar-refractivity contribution in [2.45, 2.75) is 52.0 Å². The molecule has 108 valence electrons. The van der Waals surface area contributed by atoms with E-state index in [0.29, 0.717) is 13.1 Å². The van der Waals surface area contributed by atoms with Gasteiger partial charge in [-0.2, -0.15) is 0 Å². The van der Waals surface area contributed by atoms with E-state index < -0.39 is 5.97 Å². The summed E-state index contributed by atoms with van der Waals surface area (Å²) in [5.74, 6) is -0.880. The number of nitrogens with one attached hydrogen (secondary N) is 1. The molecule has 2 amide bonds. The Morgan fingerprint density at radius 2 is 2.26 bits per heavy atom. The van der Waals surface area contributed by atoms with Crippen LogP contribution in [0.3, 0.4) is 0 Å². The summed E-state index contributed by atoms with van der Waals surface area (Å²) in [7, 11) is 0. The summed E-state index contributed by atoms with van der Waals surface area (Å²) in [6, 6.07) is -0.456. The lowest BCUT2D eigenvalue weighted by atomic mass is 10.2. The van der Waals surface area contributed by atoms with Gasteiger partial charge >= 0.3 is 12.0 Å². The Bertz CT molecular complexity index is 353. The molecule has 0 aliphatic heterocycles. The van der Waals surface area contributed by atoms with Crippen molar-refractivity contribution in [3.8, 4) is 0 Å². The zero-order chi connectivity index (χ0) is 14.3. The highest BCUT2D eigenvalue weighted by molar-refractivity contribution is 5.75. The Morgan fingerprint density at radius 1 is 1.53 bits per heavy atom. The molecule has 0 aromatic heterocycles. The van der Waals surface area contributed by atoms with Crippen LogP contribution in [0.25, 0.3) is 0 Å². The number of urea groups is 1. The van der Waals surface area contributed by atoms with Gasteiger partial charge in [-0.05, 0) is 39.5 Å². The fraction of sp³-hybridized carbons (Fsp3) is 0.714. The third kappa shape index (κ3) is 5.32. The summed E-state index contributed by atoms with van der Waals surface area (Å²) in [6.45, 7) is 4.76. The molecule has 1 unspecified atom stereocenters. The summed E-state index contributed by atoms with van der Waals surface area (Å²) in [4.78, 5) is 24.2. The SMILES string of the molecule is CCN(C(=O)NCCC1=CCCC1)C(C)CC(=O)O. The molecule has 1 aliphatic rings. The first-order chi connectivity index (χ1) is 9.04. The van der Waals surface area contributed by atoms with Crippen molar-refractivity contribution in [3.05, 3.63) is 11.6 Å². The van der Waals surface area contributed by atoms with Gasteiger partial charge in [-0.15, -0.1) is 0 Å². The average molecular weight is 268 g/mol. The van der Waals surface area contributed by atoms with E-state index in [1.807, 2.05) is 6.92 Å². The van der Waals surface area contributed by atoms with Crippen LogP contribution in [0.4, 0.5) is 4.79 Å². The highest BCUT2D eigenvalue weighted by Gasteiger charge is 2.20. The van der Waals surface area contributed by atoms with Gasteiger partial charge in [0.05, 0.1) is 6.42 Å². The van der Waals surface area contributed by atoms with E-state index >= 15 is 0 Å². The first kappa shape index (κ1) is 15.5. The Hall–Kier alpha value is -1.52. The second-order valence-corrected chi connectivity index (χ2v) is 4.97. The van der Waals surface area contributed by atoms with Crippen LogP contribution in [0.15, 0.2) is 11.6 Å². The van der Waals surface area contributed by atoms with Crippen LogP contribution in [0.1, 0.15) is 46.0 Å². The van der Waals surface area contributed by atoms with Crippen LogP contribution < -0.4 is 5.32 Å². The van der Waals surface area contributed by atoms with Crippen molar-refractivity contribution in [2.75, 3.05) is 13.1 Å². The first-order valence-corrected chi connectivity index (χ1v) is 6.98. The predicted octanol–water partition coefficient (Wildman–Crippen LogP) is 2.38. The molecule has 1 aliphatic carbocycles. The third-order valence-corrected chi connectivity index (χ3v) is 3.46. The number of nitrogens with zero attached hydrogens (tertiary/aromatic N) is 1. The Labute approximate surface area is 114 Å². The van der Waals surface area contributed by atoms with Gasteiger partial charge in [-0.25, -0.2) is 4.79 Å². The van der Waals surface area contributed by atoms with E-state index in [1.54, 1.807) is 11.8 Å². The number of amides is 2. The van der Waals surface area contributed by atoms with E-state index in [2.05, 4.69) is 11.4 Å². The molecule has 0 fully saturated rings. The summed E-state index contributed by atoms with van der Waals surface area (Å²) in [6.07, 6.45) is 6.64. The van der Waals surface area contributed by atoms with Crippen molar-refractivity contribution in [1.29, 1.82) is 0 Å². The largest absolute Gasteiger partial charge is 0.481 e. The molecule has 0 bridgehead atoms. The van der Waals surface area contributed by atoms with E-state index in [9.17, 15) is 9.59 Å². The van der Waals surface area contributed by atoms with Gasteiger partial charge in [0.2, 0.25) is 0 Å². The molecule has 5 nitrogen and oxygen atoms in total. The lowest BCUT2D eigenvalue weighted by molar-refractivity contribution is -0.138. The van der Waals surface area contributed by atoms with E-state index in [1.165, 1.54) is 12.0 Å². The van der Waals surface area contributed by atoms with Crippen LogP contribution in [-0.4, -0.2) is 41.1 Å². The lowest BCUT2D eigenvalue weighted by Crippen LogP contribution is -2.45. The number of carboxylic acids is 1. The number of carbonyl (C=O) groups excluding carboxylic acids is 1. The fourth-order valence-corrected chi connectivity index (χ4v) is 2.41. The number of hydrogen-bond donors (Lipinski definition) is 2. The van der Waals surface area contributed by atoms with Crippen LogP contribution in [0.5, 0.6) is 0 Å². The molecular weight excluding hydrogens is 244 g/mol. The van der Waals surface area contributed by atoms with Crippen LogP contribution in [-0.2, 0) is 4.79 Å². The molecule has 1 rings (SSSR count). The van der Waals surface area contributed by atoms with Crippen molar-refractivity contribution in [2.24, 2.45) is 0 Å². The molecule has 0 heterocycles. The van der Waals surface area contributed by atoms with Crippen molar-refractivity contribution in [1.82, 2.24) is 10.2 Å². The minimum atomic E-state index is -0.880. The molecule has 0 saturated carbocycles. The molecule has 0 saturated heterocycles. The topological polar surface area (TPSA) is 69.6 Å². The maximum Gasteiger partial charge on any atom is 0.317 e. The quantitative estimate of drug-likeness (QED) is 0.696. The number of carbonyl (C=O) groups is 2. The van der Waals surface area contributed by atoms with Crippen molar-refractivity contribution in [3.63, 3.8) is 0 Å². The molecule has 2 N–H and O–H groups in total. The van der Waals surface area contributed by atoms with Gasteiger partial charge in [0.25, 0.3) is 0 Å². The number of hydrogen-bond acceptors (Lipinski definition) is 2. The van der Waals surface area contributed by atoms with Crippen molar-refractivity contribution < 1.29 is 14.7 Å². The monoisotopic (exact) mass is 268 g/mol. The minimum Gasteiger partial charge on any atom is -0.481 e. The summed E-state index contributed by atoms with van der Waals surface area (Å²) in [5.41, 5.74) is 1.42. The number of allylic oxidation sites excluding steroid dienone is 1. The Morgan fingerprint density at radius 3 is 2.79 bits per heavy atom. The Kier molecular flexibility index (Phi) is 6.39. The van der Waals surface area contributed by atoms with Crippen molar-refractivity contribution >= 4 is 12.0 Å². The number of rotatable bonds is 7. The number of carboxylic acid groups (broad SMARTS) is 1. The van der Waals surface area contributed by atoms with Gasteiger partial charge in [0, 0.05) is 19.1 Å². The molecule has 0 radical (unpaired) electrons. The highest BCUT2D eigenvalue weighted by Crippen LogP contribution is 2.19. The smallest absolute Gasteiger partial charge is 0.317 e. The average Bonchev–Trinajstić information content (AvgIpc) is 2.82. The molecule has 19 heavy (non-hydrogen) atoms. The summed E-state index contributed by atoms with van der Waals surface area (Å²) in [5, 5.41) is 11.6. The molecule has 0 aromatic rings. The van der Waals surface area contributed by atoms with Crippen LogP contribution >= 0.6 is 0 Å². The fourth-order valence-electron chi connectivity index (χ4n) is 2.41. The minimum absolute atomic E-state index is 0.0214. The summed E-state index contributed by atoms with van der Waals surface area (Å²) >= 11 is 0. The van der Waals surface area contributed by atoms with Gasteiger partial charge in [-0.1, -0.05) is 11.6 Å². The van der Waals surface area contributed by atoms with Gasteiger partial charge in [0.15, 0.2) is 0 Å². The van der Waals surface area contributed by atoms with E-state index in [-0.39, 0.29) is 18.5 Å². The second kappa shape index (κ2) is 7.81. The molecular formula is C14H24N2O3. The van der Waals surface area contributed by atoms with Crippen LogP contribution in [0, 0.1) is 0 Å². The first-order valence-electron chi connectivity index (χ1n) is 6.98.